The Morgan fingerprint density at radius 3 is 2.39 bits per heavy atom. The number of hydrogen-bond acceptors (Lipinski definition) is 5. The molecule has 0 fully saturated rings. The van der Waals surface area contributed by atoms with Gasteiger partial charge in [0, 0.05) is 28.2 Å². The van der Waals surface area contributed by atoms with Gasteiger partial charge in [-0.15, -0.1) is 0 Å². The van der Waals surface area contributed by atoms with Gasteiger partial charge in [0.1, 0.15) is 17.2 Å². The van der Waals surface area contributed by atoms with Gasteiger partial charge in [0.25, 0.3) is 0 Å². The number of aromatic nitrogens is 2. The van der Waals surface area contributed by atoms with Crippen molar-refractivity contribution in [2.45, 2.75) is 98.4 Å². The van der Waals surface area contributed by atoms with E-state index in [4.69, 9.17) is 14.5 Å². The highest BCUT2D eigenvalue weighted by Gasteiger charge is 2.28. The second kappa shape index (κ2) is 13.0. The van der Waals surface area contributed by atoms with E-state index in [1.54, 1.807) is 13.2 Å². The highest BCUT2D eigenvalue weighted by atomic mass is 79.9. The number of fused-ring (bicyclic) bond motifs is 1. The Labute approximate surface area is 236 Å². The summed E-state index contributed by atoms with van der Waals surface area (Å²) in [7, 11) is 1.59. The first kappa shape index (κ1) is 30.0. The third-order valence-electron chi connectivity index (χ3n) is 6.41. The number of benzene rings is 1. The Hall–Kier alpha value is -2.54. The van der Waals surface area contributed by atoms with Gasteiger partial charge in [0.05, 0.1) is 7.11 Å². The minimum absolute atomic E-state index is 0.155. The van der Waals surface area contributed by atoms with E-state index in [1.165, 1.54) is 19.3 Å². The van der Waals surface area contributed by atoms with Crippen LogP contribution in [-0.4, -0.2) is 28.0 Å². The van der Waals surface area contributed by atoms with Gasteiger partial charge in [-0.25, -0.2) is 4.98 Å². The number of carbonyl (C=O) groups is 1. The molecular formula is C31H44BrN3O3. The van der Waals surface area contributed by atoms with Gasteiger partial charge < -0.3 is 14.8 Å². The number of ether oxygens (including phenoxy) is 2. The van der Waals surface area contributed by atoms with Crippen LogP contribution in [0.2, 0.25) is 0 Å². The molecule has 0 unspecified atom stereocenters. The molecule has 0 aliphatic rings. The fraction of sp³-hybridized carbons (Fsp3) is 0.548. The Morgan fingerprint density at radius 2 is 1.71 bits per heavy atom. The lowest BCUT2D eigenvalue weighted by atomic mass is 9.82. The maximum Gasteiger partial charge on any atom is 0.311 e. The van der Waals surface area contributed by atoms with Gasteiger partial charge in [0.2, 0.25) is 0 Å². The van der Waals surface area contributed by atoms with Crippen LogP contribution in [0.3, 0.4) is 0 Å². The summed E-state index contributed by atoms with van der Waals surface area (Å²) < 4.78 is 14.4. The maximum atomic E-state index is 12.5. The summed E-state index contributed by atoms with van der Waals surface area (Å²) in [6, 6.07) is 9.62. The number of anilines is 1. The van der Waals surface area contributed by atoms with Gasteiger partial charge in [-0.3, -0.25) is 9.20 Å². The van der Waals surface area contributed by atoms with Crippen LogP contribution in [0.5, 0.6) is 11.5 Å². The number of nitrogens with one attached hydrogen (secondary N) is 1. The standard InChI is InChI=1S/C31H44BrN3O3/c1-8-9-10-11-12-13-14-27(36)38-24-17-15-22(19-25(24)37-7)28-29(34-31(5,6)21-30(2,3)4)35-20-23(32)16-18-26(35)33-28/h15-20,34H,8-14,21H2,1-7H3. The molecular weight excluding hydrogens is 542 g/mol. The van der Waals surface area contributed by atoms with E-state index < -0.39 is 0 Å². The van der Waals surface area contributed by atoms with Crippen molar-refractivity contribution in [1.29, 1.82) is 0 Å². The van der Waals surface area contributed by atoms with Crippen LogP contribution in [0.4, 0.5) is 5.82 Å². The van der Waals surface area contributed by atoms with Crippen LogP contribution < -0.4 is 14.8 Å². The van der Waals surface area contributed by atoms with E-state index in [0.29, 0.717) is 17.9 Å². The fourth-order valence-electron chi connectivity index (χ4n) is 5.15. The molecule has 0 aliphatic heterocycles. The molecule has 0 amide bonds. The highest BCUT2D eigenvalue weighted by molar-refractivity contribution is 9.10. The third kappa shape index (κ3) is 8.48. The van der Waals surface area contributed by atoms with Crippen molar-refractivity contribution in [2.24, 2.45) is 5.41 Å². The second-order valence-corrected chi connectivity index (χ2v) is 12.9. The van der Waals surface area contributed by atoms with Gasteiger partial charge in [0.15, 0.2) is 11.5 Å². The maximum absolute atomic E-state index is 12.5. The molecule has 0 aliphatic carbocycles. The molecule has 208 valence electrons. The first-order valence-electron chi connectivity index (χ1n) is 13.8. The van der Waals surface area contributed by atoms with E-state index in [2.05, 4.69) is 67.2 Å². The summed E-state index contributed by atoms with van der Waals surface area (Å²) in [6.07, 6.45) is 10.2. The molecule has 7 heteroatoms. The van der Waals surface area contributed by atoms with Crippen LogP contribution in [0.15, 0.2) is 41.0 Å². The van der Waals surface area contributed by atoms with E-state index in [-0.39, 0.29) is 16.9 Å². The number of carbonyl (C=O) groups excluding carboxylic acids is 1. The minimum Gasteiger partial charge on any atom is -0.493 e. The third-order valence-corrected chi connectivity index (χ3v) is 6.88. The quantitative estimate of drug-likeness (QED) is 0.123. The SMILES string of the molecule is CCCCCCCCC(=O)Oc1ccc(-c2nc3ccc(Br)cn3c2NC(C)(C)CC(C)(C)C)cc1OC. The zero-order chi connectivity index (χ0) is 27.9. The summed E-state index contributed by atoms with van der Waals surface area (Å²) in [5, 5.41) is 3.77. The number of methoxy groups -OCH3 is 1. The zero-order valence-corrected chi connectivity index (χ0v) is 25.7. The molecule has 6 nitrogen and oxygen atoms in total. The predicted molar refractivity (Wildman–Crippen MR) is 160 cm³/mol. The summed E-state index contributed by atoms with van der Waals surface area (Å²) in [5.41, 5.74) is 2.51. The lowest BCUT2D eigenvalue weighted by Crippen LogP contribution is -2.36. The number of hydrogen-bond donors (Lipinski definition) is 1. The number of nitrogens with zero attached hydrogens (tertiary/aromatic N) is 2. The monoisotopic (exact) mass is 585 g/mol. The Morgan fingerprint density at radius 1 is 1.00 bits per heavy atom. The first-order valence-corrected chi connectivity index (χ1v) is 14.6. The van der Waals surface area contributed by atoms with Gasteiger partial charge in [-0.1, -0.05) is 59.8 Å². The molecule has 2 aromatic heterocycles. The molecule has 0 atom stereocenters. The van der Waals surface area contributed by atoms with Gasteiger partial charge in [-0.2, -0.15) is 0 Å². The number of unbranched alkanes of at least 4 members (excludes halogenated alkanes) is 5. The van der Waals surface area contributed by atoms with Gasteiger partial charge >= 0.3 is 5.97 Å². The Balaban J connectivity index is 1.86. The molecule has 2 heterocycles. The average Bonchev–Trinajstić information content (AvgIpc) is 3.16. The molecule has 1 N–H and O–H groups in total. The largest absolute Gasteiger partial charge is 0.493 e. The molecule has 0 saturated carbocycles. The first-order chi connectivity index (χ1) is 17.9. The van der Waals surface area contributed by atoms with Crippen molar-refractivity contribution in [3.8, 4) is 22.8 Å². The number of esters is 1. The van der Waals surface area contributed by atoms with Crippen molar-refractivity contribution in [3.05, 3.63) is 41.0 Å². The average molecular weight is 587 g/mol. The van der Waals surface area contributed by atoms with Gasteiger partial charge in [-0.05, 0) is 78.4 Å². The van der Waals surface area contributed by atoms with E-state index >= 15 is 0 Å². The zero-order valence-electron chi connectivity index (χ0n) is 24.1. The molecule has 3 aromatic rings. The molecule has 3 rings (SSSR count). The molecule has 0 radical (unpaired) electrons. The number of pyridine rings is 1. The molecule has 38 heavy (non-hydrogen) atoms. The summed E-state index contributed by atoms with van der Waals surface area (Å²) in [4.78, 5) is 17.4. The van der Waals surface area contributed by atoms with E-state index in [1.807, 2.05) is 30.5 Å². The fourth-order valence-corrected chi connectivity index (χ4v) is 5.49. The molecule has 1 aromatic carbocycles. The number of rotatable bonds is 13. The lowest BCUT2D eigenvalue weighted by molar-refractivity contribution is -0.134. The smallest absolute Gasteiger partial charge is 0.311 e. The van der Waals surface area contributed by atoms with E-state index in [9.17, 15) is 4.79 Å². The van der Waals surface area contributed by atoms with Crippen LogP contribution in [0.25, 0.3) is 16.9 Å². The van der Waals surface area contributed by atoms with Crippen LogP contribution in [0.1, 0.15) is 92.9 Å². The van der Waals surface area contributed by atoms with Crippen molar-refractivity contribution in [1.82, 2.24) is 9.38 Å². The van der Waals surface area contributed by atoms with Crippen LogP contribution in [-0.2, 0) is 4.79 Å². The normalized spacial score (nSPS) is 12.1. The summed E-state index contributed by atoms with van der Waals surface area (Å²) >= 11 is 3.60. The summed E-state index contributed by atoms with van der Waals surface area (Å²) in [6.45, 7) is 13.4. The highest BCUT2D eigenvalue weighted by Crippen LogP contribution is 2.38. The van der Waals surface area contributed by atoms with E-state index in [0.717, 1.165) is 52.9 Å². The molecule has 0 bridgehead atoms. The minimum atomic E-state index is -0.226. The lowest BCUT2D eigenvalue weighted by Gasteiger charge is -2.34. The predicted octanol–water partition coefficient (Wildman–Crippen LogP) is 9.06. The Kier molecular flexibility index (Phi) is 10.3. The summed E-state index contributed by atoms with van der Waals surface area (Å²) in [5.74, 6) is 1.62. The van der Waals surface area contributed by atoms with Crippen LogP contribution in [0, 0.1) is 5.41 Å². The van der Waals surface area contributed by atoms with Crippen LogP contribution >= 0.6 is 15.9 Å². The Bertz CT molecular complexity index is 1230. The number of imidazole rings is 1. The van der Waals surface area contributed by atoms with Crippen molar-refractivity contribution >= 4 is 33.4 Å². The second-order valence-electron chi connectivity index (χ2n) is 12.0. The number of halogens is 1. The topological polar surface area (TPSA) is 64.9 Å². The van der Waals surface area contributed by atoms with Crippen molar-refractivity contribution in [2.75, 3.05) is 12.4 Å². The van der Waals surface area contributed by atoms with Crippen molar-refractivity contribution < 1.29 is 14.3 Å². The molecule has 0 spiro atoms. The molecule has 0 saturated heterocycles. The van der Waals surface area contributed by atoms with Crippen molar-refractivity contribution in [3.63, 3.8) is 0 Å².